The van der Waals surface area contributed by atoms with Gasteiger partial charge in [0, 0.05) is 50.4 Å². The first-order chi connectivity index (χ1) is 25.9. The summed E-state index contributed by atoms with van der Waals surface area (Å²) in [4.78, 5) is 26.9. The fraction of sp³-hybridized carbons (Fsp3) is 0.444. The molecule has 2 amide bonds. The van der Waals surface area contributed by atoms with Crippen molar-refractivity contribution >= 4 is 53.3 Å². The van der Waals surface area contributed by atoms with Gasteiger partial charge in [0.25, 0.3) is 11.8 Å². The van der Waals surface area contributed by atoms with Crippen LogP contribution in [0.2, 0.25) is 0 Å². The minimum absolute atomic E-state index is 0.00357. The molecule has 19 heteroatoms. The summed E-state index contributed by atoms with van der Waals surface area (Å²) in [7, 11) is -11.8. The zero-order valence-corrected chi connectivity index (χ0v) is 33.3. The third kappa shape index (κ3) is 9.11. The van der Waals surface area contributed by atoms with Gasteiger partial charge in [-0.15, -0.1) is 0 Å². The molecule has 16 nitrogen and oxygen atoms in total. The van der Waals surface area contributed by atoms with E-state index < -0.39 is 41.9 Å². The molecule has 55 heavy (non-hydrogen) atoms. The zero-order chi connectivity index (χ0) is 39.7. The molecule has 4 unspecified atom stereocenters. The Kier molecular flexibility index (Phi) is 12.2. The van der Waals surface area contributed by atoms with Gasteiger partial charge in [0.15, 0.2) is 0 Å². The first kappa shape index (κ1) is 40.9. The SMILES string of the molecule is CC1CN(S(=O)(=O)c2ccc(C(=O)Nc3ccc(S(=O)(=O)N4CCOCC4)cc3NC(=O)c3ccc(S(=O)(=O)N4CC(C)OC(C)C4)cc3)cc2)CC(C)O1. The summed E-state index contributed by atoms with van der Waals surface area (Å²) in [5.41, 5.74) is 0.186. The van der Waals surface area contributed by atoms with E-state index in [9.17, 15) is 34.8 Å². The van der Waals surface area contributed by atoms with Gasteiger partial charge in [-0.2, -0.15) is 12.9 Å². The molecule has 3 aromatic rings. The zero-order valence-electron chi connectivity index (χ0n) is 30.9. The quantitative estimate of drug-likeness (QED) is 0.305. The molecule has 4 atom stereocenters. The van der Waals surface area contributed by atoms with E-state index in [0.717, 1.165) is 0 Å². The van der Waals surface area contributed by atoms with Crippen molar-refractivity contribution in [3.05, 3.63) is 77.9 Å². The summed E-state index contributed by atoms with van der Waals surface area (Å²) in [5, 5.41) is 5.37. The molecular formula is C36H45N5O11S3. The Morgan fingerprint density at radius 3 is 1.31 bits per heavy atom. The van der Waals surface area contributed by atoms with E-state index in [1.54, 1.807) is 27.7 Å². The first-order valence-corrected chi connectivity index (χ1v) is 22.1. The summed E-state index contributed by atoms with van der Waals surface area (Å²) < 4.78 is 101. The van der Waals surface area contributed by atoms with Crippen molar-refractivity contribution in [2.75, 3.05) is 63.1 Å². The lowest BCUT2D eigenvalue weighted by Gasteiger charge is -2.34. The third-order valence-electron chi connectivity index (χ3n) is 9.38. The van der Waals surface area contributed by atoms with Crippen LogP contribution in [-0.2, 0) is 44.3 Å². The van der Waals surface area contributed by atoms with Crippen molar-refractivity contribution in [2.45, 2.75) is 66.8 Å². The van der Waals surface area contributed by atoms with E-state index in [4.69, 9.17) is 14.2 Å². The normalized spacial score (nSPS) is 23.6. The standard InChI is InChI=1S/C36H45N5O11S3/c1-24-20-40(21-25(2)51-24)53(44,45)30-9-5-28(6-10-30)35(42)37-33-14-13-32(55(48,49)39-15-17-50-18-16-39)19-34(33)38-36(43)29-7-11-31(12-8-29)54(46,47)41-22-26(3)52-27(4)23-41/h5-14,19,24-27H,15-18,20-23H2,1-4H3,(H,37,42)(H,38,43). The van der Waals surface area contributed by atoms with Crippen LogP contribution < -0.4 is 10.6 Å². The number of sulfonamides is 3. The molecule has 3 aliphatic rings. The van der Waals surface area contributed by atoms with Gasteiger partial charge < -0.3 is 24.8 Å². The van der Waals surface area contributed by atoms with Crippen molar-refractivity contribution in [1.82, 2.24) is 12.9 Å². The van der Waals surface area contributed by atoms with Crippen LogP contribution in [0.4, 0.5) is 11.4 Å². The Morgan fingerprint density at radius 1 is 0.527 bits per heavy atom. The lowest BCUT2D eigenvalue weighted by molar-refractivity contribution is -0.0442. The Bertz CT molecular complexity index is 2210. The molecule has 0 spiro atoms. The minimum atomic E-state index is -4.02. The highest BCUT2D eigenvalue weighted by molar-refractivity contribution is 7.89. The van der Waals surface area contributed by atoms with Crippen molar-refractivity contribution in [1.29, 1.82) is 0 Å². The van der Waals surface area contributed by atoms with Crippen LogP contribution in [0.3, 0.4) is 0 Å². The number of morpholine rings is 3. The van der Waals surface area contributed by atoms with Crippen molar-refractivity contribution in [2.24, 2.45) is 0 Å². The number of rotatable bonds is 10. The fourth-order valence-corrected chi connectivity index (χ4v) is 11.3. The van der Waals surface area contributed by atoms with Gasteiger partial charge >= 0.3 is 0 Å². The topological polar surface area (TPSA) is 198 Å². The molecule has 0 aromatic heterocycles. The molecular weight excluding hydrogens is 775 g/mol. The number of hydrogen-bond acceptors (Lipinski definition) is 11. The Morgan fingerprint density at radius 2 is 0.891 bits per heavy atom. The number of amides is 2. The molecule has 2 N–H and O–H groups in total. The van der Waals surface area contributed by atoms with E-state index in [1.165, 1.54) is 79.6 Å². The first-order valence-electron chi connectivity index (χ1n) is 17.8. The highest BCUT2D eigenvalue weighted by Crippen LogP contribution is 2.30. The molecule has 0 aliphatic carbocycles. The monoisotopic (exact) mass is 819 g/mol. The highest BCUT2D eigenvalue weighted by Gasteiger charge is 2.34. The molecule has 0 bridgehead atoms. The second kappa shape index (κ2) is 16.4. The fourth-order valence-electron chi connectivity index (χ4n) is 6.73. The molecule has 3 aliphatic heterocycles. The minimum Gasteiger partial charge on any atom is -0.379 e. The van der Waals surface area contributed by atoms with Gasteiger partial charge in [-0.1, -0.05) is 0 Å². The summed E-state index contributed by atoms with van der Waals surface area (Å²) in [6, 6.07) is 14.6. The molecule has 6 rings (SSSR count). The average molecular weight is 820 g/mol. The van der Waals surface area contributed by atoms with Crippen LogP contribution in [0.25, 0.3) is 0 Å². The van der Waals surface area contributed by atoms with Crippen LogP contribution in [0.15, 0.2) is 81.4 Å². The Hall–Kier alpha value is -3.79. The lowest BCUT2D eigenvalue weighted by atomic mass is 10.2. The van der Waals surface area contributed by atoms with Crippen LogP contribution in [0, 0.1) is 0 Å². The van der Waals surface area contributed by atoms with E-state index in [1.807, 2.05) is 0 Å². The summed E-state index contributed by atoms with van der Waals surface area (Å²) in [5.74, 6) is -1.35. The lowest BCUT2D eigenvalue weighted by Crippen LogP contribution is -2.48. The number of benzene rings is 3. The molecule has 0 saturated carbocycles. The summed E-state index contributed by atoms with van der Waals surface area (Å²) in [6.45, 7) is 8.63. The highest BCUT2D eigenvalue weighted by atomic mass is 32.2. The number of nitrogens with zero attached hydrogens (tertiary/aromatic N) is 3. The predicted octanol–water partition coefficient (Wildman–Crippen LogP) is 2.81. The third-order valence-corrected chi connectivity index (χ3v) is 15.0. The Labute approximate surface area is 321 Å². The van der Waals surface area contributed by atoms with Gasteiger partial charge in [-0.3, -0.25) is 9.59 Å². The molecule has 3 heterocycles. The number of nitrogens with one attached hydrogen (secondary N) is 2. The smallest absolute Gasteiger partial charge is 0.255 e. The largest absolute Gasteiger partial charge is 0.379 e. The van der Waals surface area contributed by atoms with E-state index in [-0.39, 0.29) is 114 Å². The number of ether oxygens (including phenoxy) is 3. The maximum absolute atomic E-state index is 13.6. The molecule has 3 fully saturated rings. The number of carbonyl (C=O) groups is 2. The maximum Gasteiger partial charge on any atom is 0.255 e. The van der Waals surface area contributed by atoms with Gasteiger partial charge in [0.05, 0.1) is 63.7 Å². The van der Waals surface area contributed by atoms with Crippen LogP contribution >= 0.6 is 0 Å². The van der Waals surface area contributed by atoms with Crippen LogP contribution in [-0.4, -0.2) is 127 Å². The van der Waals surface area contributed by atoms with Crippen molar-refractivity contribution < 1.29 is 49.1 Å². The van der Waals surface area contributed by atoms with E-state index in [0.29, 0.717) is 0 Å². The molecule has 298 valence electrons. The van der Waals surface area contributed by atoms with Gasteiger partial charge in [-0.25, -0.2) is 25.3 Å². The van der Waals surface area contributed by atoms with Crippen LogP contribution in [0.5, 0.6) is 0 Å². The second-order valence-electron chi connectivity index (χ2n) is 13.8. The summed E-state index contributed by atoms with van der Waals surface area (Å²) in [6.07, 6.45) is -1.13. The summed E-state index contributed by atoms with van der Waals surface area (Å²) >= 11 is 0. The van der Waals surface area contributed by atoms with E-state index >= 15 is 0 Å². The van der Waals surface area contributed by atoms with Gasteiger partial charge in [0.2, 0.25) is 30.1 Å². The predicted molar refractivity (Wildman–Crippen MR) is 202 cm³/mol. The maximum atomic E-state index is 13.6. The van der Waals surface area contributed by atoms with Gasteiger partial charge in [0.1, 0.15) is 0 Å². The average Bonchev–Trinajstić information content (AvgIpc) is 3.15. The molecule has 3 aromatic carbocycles. The second-order valence-corrected chi connectivity index (χ2v) is 19.7. The Balaban J connectivity index is 1.24. The van der Waals surface area contributed by atoms with Crippen LogP contribution in [0.1, 0.15) is 48.4 Å². The van der Waals surface area contributed by atoms with Crippen molar-refractivity contribution in [3.63, 3.8) is 0 Å². The van der Waals surface area contributed by atoms with Gasteiger partial charge in [-0.05, 0) is 94.4 Å². The van der Waals surface area contributed by atoms with E-state index in [2.05, 4.69) is 10.6 Å². The van der Waals surface area contributed by atoms with Crippen molar-refractivity contribution in [3.8, 4) is 0 Å². The molecule has 0 radical (unpaired) electrons. The number of hydrogen-bond donors (Lipinski definition) is 2. The number of carbonyl (C=O) groups excluding carboxylic acids is 2. The number of anilines is 2. The molecule has 3 saturated heterocycles.